The molecule has 0 spiro atoms. The van der Waals surface area contributed by atoms with Crippen LogP contribution in [-0.2, 0) is 15.6 Å². The molecule has 0 unspecified atom stereocenters. The molecule has 134 valence electrons. The zero-order valence-corrected chi connectivity index (χ0v) is 15.8. The summed E-state index contributed by atoms with van der Waals surface area (Å²) in [4.78, 5) is 14.6. The Morgan fingerprint density at radius 3 is 2.08 bits per heavy atom. The molecule has 0 atom stereocenters. The molecule has 0 aliphatic carbocycles. The molecule has 1 fully saturated rings. The van der Waals surface area contributed by atoms with E-state index in [0.717, 1.165) is 11.1 Å². The van der Waals surface area contributed by atoms with Crippen LogP contribution in [-0.4, -0.2) is 29.4 Å². The average Bonchev–Trinajstić information content (AvgIpc) is 2.67. The first-order valence-corrected chi connectivity index (χ1v) is 8.19. The van der Waals surface area contributed by atoms with Crippen LogP contribution in [0.3, 0.4) is 0 Å². The standard InChI is InChI=1S/C17H24BN3O4/c1-9-12(8-18-24-16(4,5)17(6,7)25-18)10(2)14(20-21-19)11(3)13(9)15(22)23/h8H2,1-7H3,(H,22,23). The van der Waals surface area contributed by atoms with Crippen LogP contribution in [0.4, 0.5) is 5.69 Å². The number of benzene rings is 1. The van der Waals surface area contributed by atoms with Gasteiger partial charge >= 0.3 is 13.1 Å². The van der Waals surface area contributed by atoms with Gasteiger partial charge in [0.25, 0.3) is 0 Å². The SMILES string of the molecule is Cc1c(CB2OC(C)(C)C(C)(C)O2)c(C)c(C(=O)O)c(C)c1N=[N+]=[N-]. The Morgan fingerprint density at radius 2 is 1.64 bits per heavy atom. The molecule has 1 saturated heterocycles. The molecule has 0 bridgehead atoms. The molecule has 1 aliphatic rings. The number of carboxylic acids is 1. The summed E-state index contributed by atoms with van der Waals surface area (Å²) in [6.45, 7) is 13.1. The predicted molar refractivity (Wildman–Crippen MR) is 96.2 cm³/mol. The van der Waals surface area contributed by atoms with Crippen LogP contribution in [0.5, 0.6) is 0 Å². The minimum Gasteiger partial charge on any atom is -0.478 e. The van der Waals surface area contributed by atoms with Crippen molar-refractivity contribution in [3.8, 4) is 0 Å². The van der Waals surface area contributed by atoms with E-state index >= 15 is 0 Å². The Hall–Kier alpha value is -2.02. The maximum atomic E-state index is 11.7. The molecule has 0 radical (unpaired) electrons. The molecule has 7 nitrogen and oxygen atoms in total. The fourth-order valence-corrected chi connectivity index (χ4v) is 3.29. The van der Waals surface area contributed by atoms with Crippen molar-refractivity contribution >= 4 is 18.8 Å². The van der Waals surface area contributed by atoms with Gasteiger partial charge in [0.1, 0.15) is 0 Å². The highest BCUT2D eigenvalue weighted by Crippen LogP contribution is 2.40. The van der Waals surface area contributed by atoms with Crippen molar-refractivity contribution in [2.24, 2.45) is 5.11 Å². The Balaban J connectivity index is 2.55. The number of carboxylic acid groups (broad SMARTS) is 1. The number of rotatable bonds is 4. The zero-order chi connectivity index (χ0) is 19.2. The molecule has 8 heteroatoms. The van der Waals surface area contributed by atoms with E-state index < -0.39 is 24.3 Å². The number of hydrogen-bond acceptors (Lipinski definition) is 4. The van der Waals surface area contributed by atoms with Crippen molar-refractivity contribution in [1.29, 1.82) is 0 Å². The Labute approximate surface area is 148 Å². The van der Waals surface area contributed by atoms with Crippen LogP contribution in [0, 0.1) is 20.8 Å². The molecule has 1 aliphatic heterocycles. The van der Waals surface area contributed by atoms with Crippen molar-refractivity contribution in [2.75, 3.05) is 0 Å². The maximum absolute atomic E-state index is 11.7. The summed E-state index contributed by atoms with van der Waals surface area (Å²) in [5.41, 5.74) is 11.1. The lowest BCUT2D eigenvalue weighted by Crippen LogP contribution is -2.41. The van der Waals surface area contributed by atoms with E-state index in [1.54, 1.807) is 13.8 Å². The first-order chi connectivity index (χ1) is 11.4. The zero-order valence-electron chi connectivity index (χ0n) is 15.8. The minimum absolute atomic E-state index is 0.166. The van der Waals surface area contributed by atoms with Crippen molar-refractivity contribution in [1.82, 2.24) is 0 Å². The summed E-state index contributed by atoms with van der Waals surface area (Å²) in [5, 5.41) is 13.3. The van der Waals surface area contributed by atoms with Crippen molar-refractivity contribution in [3.05, 3.63) is 38.3 Å². The van der Waals surface area contributed by atoms with Gasteiger partial charge in [-0.3, -0.25) is 0 Å². The Bertz CT molecular complexity index is 738. The van der Waals surface area contributed by atoms with Gasteiger partial charge in [0.15, 0.2) is 0 Å². The highest BCUT2D eigenvalue weighted by molar-refractivity contribution is 6.45. The van der Waals surface area contributed by atoms with Crippen LogP contribution in [0.15, 0.2) is 5.11 Å². The molecule has 25 heavy (non-hydrogen) atoms. The van der Waals surface area contributed by atoms with Gasteiger partial charge in [0.2, 0.25) is 0 Å². The molecular formula is C17H24BN3O4. The minimum atomic E-state index is -1.04. The molecule has 1 N–H and O–H groups in total. The molecule has 0 aromatic heterocycles. The highest BCUT2D eigenvalue weighted by atomic mass is 16.7. The fourth-order valence-electron chi connectivity index (χ4n) is 3.29. The van der Waals surface area contributed by atoms with Crippen molar-refractivity contribution < 1.29 is 19.2 Å². The van der Waals surface area contributed by atoms with E-state index in [1.165, 1.54) is 0 Å². The van der Waals surface area contributed by atoms with Gasteiger partial charge in [0.05, 0.1) is 16.8 Å². The van der Waals surface area contributed by atoms with Crippen molar-refractivity contribution in [3.63, 3.8) is 0 Å². The van der Waals surface area contributed by atoms with Crippen LogP contribution in [0.1, 0.15) is 60.3 Å². The second kappa shape index (κ2) is 6.37. The van der Waals surface area contributed by atoms with E-state index in [0.29, 0.717) is 23.1 Å². The number of nitrogens with zero attached hydrogens (tertiary/aromatic N) is 3. The lowest BCUT2D eigenvalue weighted by atomic mass is 9.76. The lowest BCUT2D eigenvalue weighted by Gasteiger charge is -2.32. The summed E-state index contributed by atoms with van der Waals surface area (Å²) in [6.07, 6.45) is 0.388. The molecule has 1 heterocycles. The molecule has 0 saturated carbocycles. The fraction of sp³-hybridized carbons (Fsp3) is 0.588. The average molecular weight is 345 g/mol. The van der Waals surface area contributed by atoms with E-state index in [2.05, 4.69) is 10.0 Å². The largest absolute Gasteiger partial charge is 0.478 e. The van der Waals surface area contributed by atoms with Crippen molar-refractivity contribution in [2.45, 2.75) is 66.0 Å². The van der Waals surface area contributed by atoms with Gasteiger partial charge in [-0.25, -0.2) is 4.79 Å². The van der Waals surface area contributed by atoms with Gasteiger partial charge in [-0.1, -0.05) is 5.11 Å². The summed E-state index contributed by atoms with van der Waals surface area (Å²) < 4.78 is 12.1. The summed E-state index contributed by atoms with van der Waals surface area (Å²) in [5.74, 6) is -1.04. The second-order valence-electron chi connectivity index (χ2n) is 7.46. The summed E-state index contributed by atoms with van der Waals surface area (Å²) in [7, 11) is -0.495. The first-order valence-electron chi connectivity index (χ1n) is 8.19. The molecule has 2 rings (SSSR count). The molecule has 1 aromatic carbocycles. The highest BCUT2D eigenvalue weighted by Gasteiger charge is 2.51. The van der Waals surface area contributed by atoms with Gasteiger partial charge in [-0.15, -0.1) is 0 Å². The van der Waals surface area contributed by atoms with E-state index in [9.17, 15) is 9.90 Å². The first kappa shape index (κ1) is 19.3. The molecule has 0 amide bonds. The quantitative estimate of drug-likeness (QED) is 0.377. The summed E-state index contributed by atoms with van der Waals surface area (Å²) in [6, 6.07) is 0. The maximum Gasteiger partial charge on any atom is 0.462 e. The predicted octanol–water partition coefficient (Wildman–Crippen LogP) is 4.43. The van der Waals surface area contributed by atoms with Gasteiger partial charge < -0.3 is 14.4 Å². The number of azide groups is 1. The van der Waals surface area contributed by atoms with E-state index in [-0.39, 0.29) is 5.56 Å². The van der Waals surface area contributed by atoms with Gasteiger partial charge in [0, 0.05) is 16.9 Å². The number of carbonyl (C=O) groups is 1. The Morgan fingerprint density at radius 1 is 1.12 bits per heavy atom. The Kier molecular flexibility index (Phi) is 4.92. The van der Waals surface area contributed by atoms with Gasteiger partial charge in [-0.05, 0) is 76.3 Å². The van der Waals surface area contributed by atoms with Crippen LogP contribution in [0.2, 0.25) is 0 Å². The molecule has 1 aromatic rings. The monoisotopic (exact) mass is 345 g/mol. The van der Waals surface area contributed by atoms with Gasteiger partial charge in [-0.2, -0.15) is 0 Å². The van der Waals surface area contributed by atoms with E-state index in [1.807, 2.05) is 34.6 Å². The number of hydrogen-bond donors (Lipinski definition) is 1. The second-order valence-corrected chi connectivity index (χ2v) is 7.46. The smallest absolute Gasteiger partial charge is 0.462 e. The van der Waals surface area contributed by atoms with E-state index in [4.69, 9.17) is 14.8 Å². The third-order valence-corrected chi connectivity index (χ3v) is 5.40. The third-order valence-electron chi connectivity index (χ3n) is 5.40. The van der Waals surface area contributed by atoms with Crippen LogP contribution >= 0.6 is 0 Å². The number of aromatic carboxylic acids is 1. The normalized spacial score (nSPS) is 18.1. The molecular weight excluding hydrogens is 321 g/mol. The third kappa shape index (κ3) is 3.25. The van der Waals surface area contributed by atoms with Crippen LogP contribution in [0.25, 0.3) is 10.4 Å². The summed E-state index contributed by atoms with van der Waals surface area (Å²) >= 11 is 0. The van der Waals surface area contributed by atoms with Crippen LogP contribution < -0.4 is 0 Å². The lowest BCUT2D eigenvalue weighted by molar-refractivity contribution is 0.00578. The topological polar surface area (TPSA) is 105 Å².